The van der Waals surface area contributed by atoms with Crippen molar-refractivity contribution in [3.8, 4) is 5.75 Å². The molecule has 0 aliphatic carbocycles. The molecular weight excluding hydrogens is 284 g/mol. The number of hydrogen-bond acceptors (Lipinski definition) is 2. The molecule has 1 saturated heterocycles. The number of benzene rings is 1. The van der Waals surface area contributed by atoms with Crippen molar-refractivity contribution in [2.24, 2.45) is 11.8 Å². The van der Waals surface area contributed by atoms with Gasteiger partial charge in [-0.05, 0) is 68.6 Å². The van der Waals surface area contributed by atoms with Gasteiger partial charge in [0.25, 0.3) is 0 Å². The molecule has 2 heteroatoms. The molecule has 3 unspecified atom stereocenters. The monoisotopic (exact) mass is 318 g/mol. The highest BCUT2D eigenvalue weighted by atomic mass is 16.6. The molecule has 0 radical (unpaired) electrons. The maximum atomic E-state index is 5.93. The van der Waals surface area contributed by atoms with Crippen molar-refractivity contribution in [2.45, 2.75) is 78.4 Å². The summed E-state index contributed by atoms with van der Waals surface area (Å²) in [4.78, 5) is 0. The summed E-state index contributed by atoms with van der Waals surface area (Å²) >= 11 is 0. The number of ether oxygens (including phenoxy) is 2. The van der Waals surface area contributed by atoms with E-state index in [4.69, 9.17) is 9.47 Å². The number of epoxide rings is 1. The maximum Gasteiger partial charge on any atom is 0.119 e. The highest BCUT2D eigenvalue weighted by molar-refractivity contribution is 5.27. The van der Waals surface area contributed by atoms with Crippen LogP contribution in [0, 0.1) is 11.8 Å². The average molecular weight is 319 g/mol. The molecule has 1 aliphatic heterocycles. The first kappa shape index (κ1) is 18.3. The van der Waals surface area contributed by atoms with Crippen molar-refractivity contribution in [2.75, 3.05) is 6.61 Å². The largest absolute Gasteiger partial charge is 0.494 e. The van der Waals surface area contributed by atoms with E-state index in [0.717, 1.165) is 31.1 Å². The highest BCUT2D eigenvalue weighted by Crippen LogP contribution is 2.44. The minimum absolute atomic E-state index is 0.158. The summed E-state index contributed by atoms with van der Waals surface area (Å²) in [5.41, 5.74) is 1.52. The smallest absolute Gasteiger partial charge is 0.119 e. The van der Waals surface area contributed by atoms with Crippen LogP contribution in [-0.2, 0) is 11.2 Å². The van der Waals surface area contributed by atoms with Gasteiger partial charge >= 0.3 is 0 Å². The van der Waals surface area contributed by atoms with Gasteiger partial charge in [-0.2, -0.15) is 0 Å². The normalized spacial score (nSPS) is 24.7. The lowest BCUT2D eigenvalue weighted by molar-refractivity contribution is 0.263. The summed E-state index contributed by atoms with van der Waals surface area (Å²) in [6.07, 6.45) is 6.28. The predicted molar refractivity (Wildman–Crippen MR) is 97.1 cm³/mol. The SMILES string of the molecule is CCc1ccc(OCCC(C)CCC2OC2(C)CC(C)C)cc1. The first-order valence-electron chi connectivity index (χ1n) is 9.32. The fraction of sp³-hybridized carbons (Fsp3) is 0.714. The number of rotatable bonds is 10. The number of aryl methyl sites for hydroxylation is 1. The Morgan fingerprint density at radius 1 is 1.13 bits per heavy atom. The Kier molecular flexibility index (Phi) is 6.52. The Morgan fingerprint density at radius 3 is 2.43 bits per heavy atom. The second-order valence-corrected chi connectivity index (χ2v) is 7.83. The van der Waals surface area contributed by atoms with Crippen molar-refractivity contribution in [1.82, 2.24) is 0 Å². The zero-order chi connectivity index (χ0) is 16.9. The van der Waals surface area contributed by atoms with Gasteiger partial charge in [-0.15, -0.1) is 0 Å². The lowest BCUT2D eigenvalue weighted by Gasteiger charge is -2.13. The van der Waals surface area contributed by atoms with Crippen molar-refractivity contribution >= 4 is 0 Å². The first-order chi connectivity index (χ1) is 10.9. The summed E-state index contributed by atoms with van der Waals surface area (Å²) in [5.74, 6) is 2.40. The summed E-state index contributed by atoms with van der Waals surface area (Å²) in [6.45, 7) is 12.1. The Labute approximate surface area is 142 Å². The second-order valence-electron chi connectivity index (χ2n) is 7.83. The molecule has 0 spiro atoms. The van der Waals surface area contributed by atoms with E-state index in [-0.39, 0.29) is 5.60 Å². The minimum atomic E-state index is 0.158. The summed E-state index contributed by atoms with van der Waals surface area (Å²) in [6, 6.07) is 8.47. The van der Waals surface area contributed by atoms with Gasteiger partial charge in [0, 0.05) is 0 Å². The van der Waals surface area contributed by atoms with Crippen LogP contribution in [0.4, 0.5) is 0 Å². The molecule has 1 heterocycles. The molecule has 1 aromatic carbocycles. The lowest BCUT2D eigenvalue weighted by Crippen LogP contribution is -2.14. The van der Waals surface area contributed by atoms with E-state index in [9.17, 15) is 0 Å². The van der Waals surface area contributed by atoms with E-state index in [1.54, 1.807) is 0 Å². The molecule has 0 aromatic heterocycles. The minimum Gasteiger partial charge on any atom is -0.494 e. The molecule has 2 nitrogen and oxygen atoms in total. The van der Waals surface area contributed by atoms with Gasteiger partial charge in [0.2, 0.25) is 0 Å². The van der Waals surface area contributed by atoms with E-state index in [2.05, 4.69) is 58.9 Å². The van der Waals surface area contributed by atoms with Gasteiger partial charge < -0.3 is 9.47 Å². The van der Waals surface area contributed by atoms with Crippen LogP contribution < -0.4 is 4.74 Å². The zero-order valence-electron chi connectivity index (χ0n) is 15.6. The van der Waals surface area contributed by atoms with Crippen molar-refractivity contribution in [3.05, 3.63) is 29.8 Å². The fourth-order valence-electron chi connectivity index (χ4n) is 3.42. The maximum absolute atomic E-state index is 5.93. The summed E-state index contributed by atoms with van der Waals surface area (Å²) < 4.78 is 11.8. The molecule has 1 aromatic rings. The highest BCUT2D eigenvalue weighted by Gasteiger charge is 2.51. The van der Waals surface area contributed by atoms with Crippen LogP contribution in [0.1, 0.15) is 65.9 Å². The predicted octanol–water partition coefficient (Wildman–Crippen LogP) is 5.64. The van der Waals surface area contributed by atoms with Crippen LogP contribution in [0.25, 0.3) is 0 Å². The molecule has 0 N–H and O–H groups in total. The van der Waals surface area contributed by atoms with Gasteiger partial charge in [0.05, 0.1) is 18.3 Å². The molecule has 0 amide bonds. The van der Waals surface area contributed by atoms with Crippen LogP contribution in [-0.4, -0.2) is 18.3 Å². The topological polar surface area (TPSA) is 21.8 Å². The Morgan fingerprint density at radius 2 is 1.83 bits per heavy atom. The van der Waals surface area contributed by atoms with Crippen molar-refractivity contribution in [1.29, 1.82) is 0 Å². The van der Waals surface area contributed by atoms with E-state index in [0.29, 0.717) is 12.0 Å². The van der Waals surface area contributed by atoms with E-state index in [1.165, 1.54) is 24.8 Å². The van der Waals surface area contributed by atoms with Gasteiger partial charge in [-0.3, -0.25) is 0 Å². The van der Waals surface area contributed by atoms with Crippen LogP contribution in [0.5, 0.6) is 5.75 Å². The molecular formula is C21H34O2. The second kappa shape index (κ2) is 8.19. The van der Waals surface area contributed by atoms with E-state index < -0.39 is 0 Å². The third-order valence-corrected chi connectivity index (χ3v) is 4.98. The number of hydrogen-bond donors (Lipinski definition) is 0. The molecule has 1 aliphatic rings. The van der Waals surface area contributed by atoms with Gasteiger partial charge in [-0.1, -0.05) is 39.8 Å². The van der Waals surface area contributed by atoms with Crippen molar-refractivity contribution < 1.29 is 9.47 Å². The Hall–Kier alpha value is -1.02. The van der Waals surface area contributed by atoms with Crippen LogP contribution in [0.2, 0.25) is 0 Å². The molecule has 1 fully saturated rings. The Bertz CT molecular complexity index is 465. The Balaban J connectivity index is 1.59. The van der Waals surface area contributed by atoms with Gasteiger partial charge in [-0.25, -0.2) is 0 Å². The van der Waals surface area contributed by atoms with E-state index >= 15 is 0 Å². The molecule has 23 heavy (non-hydrogen) atoms. The average Bonchev–Trinajstić information content (AvgIpc) is 3.14. The third kappa shape index (κ3) is 5.84. The van der Waals surface area contributed by atoms with E-state index in [1.807, 2.05) is 0 Å². The first-order valence-corrected chi connectivity index (χ1v) is 9.32. The van der Waals surface area contributed by atoms with Gasteiger partial charge in [0.15, 0.2) is 0 Å². The standard InChI is InChI=1S/C21H34O2/c1-6-18-8-10-19(11-9-18)22-14-13-17(4)7-12-20-21(5,23-20)15-16(2)3/h8-11,16-17,20H,6-7,12-15H2,1-5H3. The molecule has 2 rings (SSSR count). The van der Waals surface area contributed by atoms with Crippen LogP contribution in [0.3, 0.4) is 0 Å². The molecule has 0 saturated carbocycles. The summed E-state index contributed by atoms with van der Waals surface area (Å²) in [7, 11) is 0. The zero-order valence-corrected chi connectivity index (χ0v) is 15.6. The van der Waals surface area contributed by atoms with Crippen molar-refractivity contribution in [3.63, 3.8) is 0 Å². The molecule has 3 atom stereocenters. The summed E-state index contributed by atoms with van der Waals surface area (Å²) in [5, 5.41) is 0. The molecule has 130 valence electrons. The molecule has 0 bridgehead atoms. The third-order valence-electron chi connectivity index (χ3n) is 4.98. The van der Waals surface area contributed by atoms with Crippen LogP contribution in [0.15, 0.2) is 24.3 Å². The van der Waals surface area contributed by atoms with Crippen LogP contribution >= 0.6 is 0 Å². The quantitative estimate of drug-likeness (QED) is 0.521. The fourth-order valence-corrected chi connectivity index (χ4v) is 3.42. The lowest BCUT2D eigenvalue weighted by atomic mass is 9.91. The van der Waals surface area contributed by atoms with Gasteiger partial charge in [0.1, 0.15) is 5.75 Å².